The third-order valence-electron chi connectivity index (χ3n) is 9.01. The molecule has 0 saturated heterocycles. The van der Waals surface area contributed by atoms with E-state index in [0.717, 1.165) is 17.8 Å². The molecule has 4 saturated carbocycles. The fourth-order valence-corrected chi connectivity index (χ4v) is 7.68. The van der Waals surface area contributed by atoms with Gasteiger partial charge in [-0.05, 0) is 69.1 Å². The smallest absolute Gasteiger partial charge is 0.237 e. The van der Waals surface area contributed by atoms with Gasteiger partial charge in [0, 0.05) is 0 Å². The Morgan fingerprint density at radius 1 is 0.677 bits per heavy atom. The van der Waals surface area contributed by atoms with Gasteiger partial charge < -0.3 is 0 Å². The number of unbranched alkanes of at least 4 members (excludes halogenated alkanes) is 13. The number of aromatic nitrogens is 2. The number of aryl methyl sites for hydroxylation is 1. The van der Waals surface area contributed by atoms with Crippen molar-refractivity contribution in [3.8, 4) is 0 Å². The summed E-state index contributed by atoms with van der Waals surface area (Å²) < 4.78 is 5.14. The maximum atomic E-state index is 2.65. The Bertz CT molecular complexity index is 595. The van der Waals surface area contributed by atoms with E-state index < -0.39 is 0 Å². The lowest BCUT2D eigenvalue weighted by molar-refractivity contribution is -0.697. The summed E-state index contributed by atoms with van der Waals surface area (Å²) in [4.78, 5) is 0. The highest BCUT2D eigenvalue weighted by atomic mass is 15.2. The van der Waals surface area contributed by atoms with Crippen LogP contribution < -0.4 is 4.57 Å². The van der Waals surface area contributed by atoms with Crippen LogP contribution in [0.3, 0.4) is 0 Å². The zero-order valence-electron chi connectivity index (χ0n) is 20.7. The summed E-state index contributed by atoms with van der Waals surface area (Å²) >= 11 is 0. The normalized spacial score (nSPS) is 29.1. The summed E-state index contributed by atoms with van der Waals surface area (Å²) in [5.41, 5.74) is 0.496. The van der Waals surface area contributed by atoms with E-state index in [-0.39, 0.29) is 0 Å². The SMILES string of the molecule is CCCCCCCCCCCCCCCC[n+]1ccn(C23CC4CC(CC(C4)C2)C3)c1. The van der Waals surface area contributed by atoms with E-state index in [1.165, 1.54) is 116 Å². The molecule has 4 aliphatic rings. The van der Waals surface area contributed by atoms with E-state index in [9.17, 15) is 0 Å². The summed E-state index contributed by atoms with van der Waals surface area (Å²) in [5, 5.41) is 0. The average Bonchev–Trinajstić information content (AvgIpc) is 3.23. The summed E-state index contributed by atoms with van der Waals surface area (Å²) in [6, 6.07) is 0. The van der Waals surface area contributed by atoms with Gasteiger partial charge in [-0.15, -0.1) is 0 Å². The molecule has 0 atom stereocenters. The van der Waals surface area contributed by atoms with Crippen LogP contribution in [0, 0.1) is 17.8 Å². The Labute approximate surface area is 193 Å². The zero-order chi connectivity index (χ0) is 21.4. The number of nitrogens with zero attached hydrogens (tertiary/aromatic N) is 2. The van der Waals surface area contributed by atoms with Gasteiger partial charge in [-0.25, -0.2) is 9.13 Å². The van der Waals surface area contributed by atoms with Gasteiger partial charge in [0.1, 0.15) is 17.9 Å². The lowest BCUT2D eigenvalue weighted by Gasteiger charge is -2.54. The maximum absolute atomic E-state index is 2.65. The molecule has 4 fully saturated rings. The number of imidazole rings is 1. The molecule has 4 aliphatic carbocycles. The van der Waals surface area contributed by atoms with Crippen LogP contribution >= 0.6 is 0 Å². The summed E-state index contributed by atoms with van der Waals surface area (Å²) in [6.45, 7) is 3.52. The van der Waals surface area contributed by atoms with Gasteiger partial charge in [0.15, 0.2) is 0 Å². The van der Waals surface area contributed by atoms with Crippen LogP contribution in [0.25, 0.3) is 0 Å². The van der Waals surface area contributed by atoms with E-state index in [1.807, 2.05) is 0 Å². The first-order chi connectivity index (χ1) is 15.3. The first-order valence-electron chi connectivity index (χ1n) is 14.3. The van der Waals surface area contributed by atoms with Gasteiger partial charge in [0.25, 0.3) is 0 Å². The summed E-state index contributed by atoms with van der Waals surface area (Å²) in [7, 11) is 0. The monoisotopic (exact) mass is 427 g/mol. The molecule has 0 radical (unpaired) electrons. The highest BCUT2D eigenvalue weighted by molar-refractivity contribution is 5.05. The first-order valence-corrected chi connectivity index (χ1v) is 14.3. The van der Waals surface area contributed by atoms with Crippen LogP contribution in [0.4, 0.5) is 0 Å². The molecule has 31 heavy (non-hydrogen) atoms. The second kappa shape index (κ2) is 11.9. The largest absolute Gasteiger partial charge is 0.244 e. The predicted molar refractivity (Wildman–Crippen MR) is 131 cm³/mol. The van der Waals surface area contributed by atoms with Gasteiger partial charge in [-0.2, -0.15) is 0 Å². The molecule has 176 valence electrons. The predicted octanol–water partition coefficient (Wildman–Crippen LogP) is 8.18. The Balaban J connectivity index is 1.02. The molecule has 0 N–H and O–H groups in total. The fraction of sp³-hybridized carbons (Fsp3) is 0.897. The fourth-order valence-electron chi connectivity index (χ4n) is 7.68. The van der Waals surface area contributed by atoms with E-state index in [4.69, 9.17) is 0 Å². The second-order valence-electron chi connectivity index (χ2n) is 11.8. The molecular weight excluding hydrogens is 376 g/mol. The first kappa shape index (κ1) is 23.4. The summed E-state index contributed by atoms with van der Waals surface area (Å²) in [6.07, 6.45) is 36.5. The van der Waals surface area contributed by atoms with Crippen LogP contribution in [-0.4, -0.2) is 4.57 Å². The Morgan fingerprint density at radius 2 is 1.13 bits per heavy atom. The lowest BCUT2D eigenvalue weighted by atomic mass is 9.53. The minimum absolute atomic E-state index is 0.496. The van der Waals surface area contributed by atoms with Gasteiger partial charge in [-0.3, -0.25) is 0 Å². The molecule has 0 spiro atoms. The van der Waals surface area contributed by atoms with Gasteiger partial charge in [0.2, 0.25) is 6.33 Å². The van der Waals surface area contributed by atoms with Crippen LogP contribution in [-0.2, 0) is 12.1 Å². The molecule has 4 bridgehead atoms. The third kappa shape index (κ3) is 6.61. The van der Waals surface area contributed by atoms with E-state index in [2.05, 4.69) is 34.8 Å². The molecule has 1 heterocycles. The highest BCUT2D eigenvalue weighted by Gasteiger charge is 2.54. The standard InChI is InChI=1S/C29H51N2/c1-2-3-4-5-6-7-8-9-10-11-12-13-14-15-16-30-17-18-31(25-30)29-22-26-19-27(23-29)21-28(20-26)24-29/h17-18,25-28H,2-16,19-24H2,1H3/q+1. The van der Waals surface area contributed by atoms with Crippen molar-refractivity contribution >= 4 is 0 Å². The molecule has 5 rings (SSSR count). The zero-order valence-corrected chi connectivity index (χ0v) is 20.7. The van der Waals surface area contributed by atoms with E-state index in [1.54, 1.807) is 19.3 Å². The molecule has 0 aromatic carbocycles. The van der Waals surface area contributed by atoms with Crippen molar-refractivity contribution in [3.05, 3.63) is 18.7 Å². The highest BCUT2D eigenvalue weighted by Crippen LogP contribution is 2.58. The topological polar surface area (TPSA) is 8.81 Å². The van der Waals surface area contributed by atoms with Gasteiger partial charge in [-0.1, -0.05) is 84.0 Å². The van der Waals surface area contributed by atoms with Crippen LogP contribution in [0.2, 0.25) is 0 Å². The number of hydrogen-bond acceptors (Lipinski definition) is 0. The quantitative estimate of drug-likeness (QED) is 0.186. The van der Waals surface area contributed by atoms with Crippen LogP contribution in [0.5, 0.6) is 0 Å². The number of hydrogen-bond donors (Lipinski definition) is 0. The Hall–Kier alpha value is -0.790. The minimum atomic E-state index is 0.496. The molecule has 1 aromatic heterocycles. The maximum Gasteiger partial charge on any atom is 0.244 e. The molecule has 0 aliphatic heterocycles. The van der Waals surface area contributed by atoms with E-state index in [0.29, 0.717) is 5.54 Å². The molecule has 1 aromatic rings. The second-order valence-corrected chi connectivity index (χ2v) is 11.8. The van der Waals surface area contributed by atoms with Crippen molar-refractivity contribution in [2.45, 2.75) is 147 Å². The molecule has 2 heteroatoms. The molecular formula is C29H51N2+. The van der Waals surface area contributed by atoms with Gasteiger partial charge >= 0.3 is 0 Å². The Kier molecular flexibility index (Phi) is 8.97. The van der Waals surface area contributed by atoms with Crippen molar-refractivity contribution in [3.63, 3.8) is 0 Å². The van der Waals surface area contributed by atoms with Crippen LogP contribution in [0.1, 0.15) is 135 Å². The summed E-state index contributed by atoms with van der Waals surface area (Å²) in [5.74, 6) is 3.11. The van der Waals surface area contributed by atoms with Crippen LogP contribution in [0.15, 0.2) is 18.7 Å². The Morgan fingerprint density at radius 3 is 1.61 bits per heavy atom. The van der Waals surface area contributed by atoms with Crippen molar-refractivity contribution in [1.29, 1.82) is 0 Å². The van der Waals surface area contributed by atoms with Crippen molar-refractivity contribution < 1.29 is 4.57 Å². The average molecular weight is 428 g/mol. The lowest BCUT2D eigenvalue weighted by Crippen LogP contribution is -2.51. The van der Waals surface area contributed by atoms with Gasteiger partial charge in [0.05, 0.1) is 6.54 Å². The van der Waals surface area contributed by atoms with Crippen molar-refractivity contribution in [1.82, 2.24) is 4.57 Å². The van der Waals surface area contributed by atoms with Crippen molar-refractivity contribution in [2.24, 2.45) is 17.8 Å². The molecule has 0 unspecified atom stereocenters. The van der Waals surface area contributed by atoms with Crippen molar-refractivity contribution in [2.75, 3.05) is 0 Å². The molecule has 2 nitrogen and oxygen atoms in total. The third-order valence-corrected chi connectivity index (χ3v) is 9.01. The molecule has 0 amide bonds. The number of rotatable bonds is 16. The van der Waals surface area contributed by atoms with E-state index >= 15 is 0 Å². The minimum Gasteiger partial charge on any atom is -0.237 e.